The van der Waals surface area contributed by atoms with Crippen molar-refractivity contribution >= 4 is 20.5 Å². The van der Waals surface area contributed by atoms with E-state index in [2.05, 4.69) is 6.92 Å². The first-order chi connectivity index (χ1) is 18.8. The van der Waals surface area contributed by atoms with E-state index in [9.17, 15) is 22.4 Å². The van der Waals surface area contributed by atoms with Crippen LogP contribution < -0.4 is 10.0 Å². The van der Waals surface area contributed by atoms with E-state index < -0.39 is 41.1 Å². The van der Waals surface area contributed by atoms with Crippen LogP contribution in [-0.4, -0.2) is 32.4 Å². The van der Waals surface area contributed by atoms with Gasteiger partial charge in [-0.2, -0.15) is 0 Å². The summed E-state index contributed by atoms with van der Waals surface area (Å²) in [5.41, 5.74) is -0.0148. The Morgan fingerprint density at radius 2 is 1.51 bits per heavy atom. The highest BCUT2D eigenvalue weighted by atomic mass is 31.0. The van der Waals surface area contributed by atoms with Crippen LogP contribution in [0.25, 0.3) is 11.1 Å². The van der Waals surface area contributed by atoms with Gasteiger partial charge in [0.05, 0.1) is 13.2 Å². The first-order valence-corrected chi connectivity index (χ1v) is 13.2. The standard InChI is InChI=1S/C29H29F4O5P/c1-2-3-9-35-10-8-17-15-36-29(37-16-17)20-13-22(30)26(23(31)14-20)28(34)38-21-6-4-18(5-7-21)19-11-24(32)27(39)25(33)12-19/h4-7,11-14,17,29H,2-3,8-10,15-16,39H2,1H3. The number of halogens is 4. The van der Waals surface area contributed by atoms with Crippen molar-refractivity contribution in [3.8, 4) is 16.9 Å². The quantitative estimate of drug-likeness (QED) is 0.0926. The molecule has 0 radical (unpaired) electrons. The largest absolute Gasteiger partial charge is 0.423 e. The van der Waals surface area contributed by atoms with Crippen LogP contribution in [0.3, 0.4) is 0 Å². The molecule has 1 fully saturated rings. The van der Waals surface area contributed by atoms with Crippen molar-refractivity contribution < 1.29 is 41.3 Å². The van der Waals surface area contributed by atoms with Gasteiger partial charge in [-0.3, -0.25) is 0 Å². The van der Waals surface area contributed by atoms with Crippen LogP contribution in [0.1, 0.15) is 48.4 Å². The Morgan fingerprint density at radius 3 is 2.10 bits per heavy atom. The molecule has 1 saturated heterocycles. The van der Waals surface area contributed by atoms with Gasteiger partial charge < -0.3 is 18.9 Å². The molecule has 0 N–H and O–H groups in total. The van der Waals surface area contributed by atoms with Gasteiger partial charge in [-0.25, -0.2) is 22.4 Å². The second-order valence-corrected chi connectivity index (χ2v) is 9.82. The normalized spacial score (nSPS) is 17.3. The van der Waals surface area contributed by atoms with Gasteiger partial charge in [0.15, 0.2) is 6.29 Å². The van der Waals surface area contributed by atoms with E-state index >= 15 is 0 Å². The molecule has 0 aromatic heterocycles. The molecule has 4 rings (SSSR count). The third kappa shape index (κ3) is 7.42. The summed E-state index contributed by atoms with van der Waals surface area (Å²) in [6.07, 6.45) is 1.86. The maximum absolute atomic E-state index is 14.8. The number of rotatable bonds is 10. The van der Waals surface area contributed by atoms with Crippen molar-refractivity contribution in [1.29, 1.82) is 0 Å². The smallest absolute Gasteiger partial charge is 0.349 e. The Labute approximate surface area is 226 Å². The van der Waals surface area contributed by atoms with Crippen LogP contribution in [0.4, 0.5) is 17.6 Å². The van der Waals surface area contributed by atoms with Crippen LogP contribution in [0.5, 0.6) is 5.75 Å². The summed E-state index contributed by atoms with van der Waals surface area (Å²) < 4.78 is 79.4. The number of benzene rings is 3. The summed E-state index contributed by atoms with van der Waals surface area (Å²) in [4.78, 5) is 12.6. The zero-order valence-electron chi connectivity index (χ0n) is 21.4. The van der Waals surface area contributed by atoms with Gasteiger partial charge in [0.25, 0.3) is 0 Å². The van der Waals surface area contributed by atoms with Gasteiger partial charge in [-0.1, -0.05) is 34.7 Å². The molecule has 1 aliphatic heterocycles. The summed E-state index contributed by atoms with van der Waals surface area (Å²) in [5.74, 6) is -4.81. The third-order valence-electron chi connectivity index (χ3n) is 6.30. The van der Waals surface area contributed by atoms with Gasteiger partial charge in [0, 0.05) is 30.0 Å². The highest BCUT2D eigenvalue weighted by Gasteiger charge is 2.28. The number of hydrogen-bond acceptors (Lipinski definition) is 5. The molecule has 10 heteroatoms. The minimum Gasteiger partial charge on any atom is -0.423 e. The number of hydrogen-bond donors (Lipinski definition) is 0. The van der Waals surface area contributed by atoms with Gasteiger partial charge in [0.2, 0.25) is 0 Å². The maximum Gasteiger partial charge on any atom is 0.349 e. The molecule has 39 heavy (non-hydrogen) atoms. The summed E-state index contributed by atoms with van der Waals surface area (Å²) in [6, 6.07) is 9.96. The van der Waals surface area contributed by atoms with E-state index in [0.717, 1.165) is 31.4 Å². The molecular formula is C29H29F4O5P. The molecule has 0 spiro atoms. The minimum absolute atomic E-state index is 0.00102. The SMILES string of the molecule is CCCCOCCC1COC(c2cc(F)c(C(=O)Oc3ccc(-c4cc(F)c(P)c(F)c4)cc3)c(F)c2)OC1. The fourth-order valence-corrected chi connectivity index (χ4v) is 4.22. The Morgan fingerprint density at radius 1 is 0.897 bits per heavy atom. The Kier molecular flexibility index (Phi) is 10.1. The molecule has 0 amide bonds. The van der Waals surface area contributed by atoms with E-state index in [1.54, 1.807) is 0 Å². The van der Waals surface area contributed by atoms with Gasteiger partial charge >= 0.3 is 5.97 Å². The monoisotopic (exact) mass is 564 g/mol. The Hall–Kier alpha value is -2.84. The number of ether oxygens (including phenoxy) is 4. The lowest BCUT2D eigenvalue weighted by Crippen LogP contribution is -2.28. The Bertz CT molecular complexity index is 1250. The summed E-state index contributed by atoms with van der Waals surface area (Å²) in [6.45, 7) is 4.10. The van der Waals surface area contributed by atoms with Gasteiger partial charge in [-0.05, 0) is 60.4 Å². The zero-order valence-corrected chi connectivity index (χ0v) is 22.5. The maximum atomic E-state index is 14.8. The van der Waals surface area contributed by atoms with Gasteiger partial charge in [0.1, 0.15) is 34.6 Å². The van der Waals surface area contributed by atoms with E-state index in [0.29, 0.717) is 32.0 Å². The fraction of sp³-hybridized carbons (Fsp3) is 0.345. The fourth-order valence-electron chi connectivity index (χ4n) is 4.05. The average molecular weight is 565 g/mol. The molecule has 3 aromatic carbocycles. The van der Waals surface area contributed by atoms with Crippen LogP contribution >= 0.6 is 9.24 Å². The molecule has 1 unspecified atom stereocenters. The lowest BCUT2D eigenvalue weighted by molar-refractivity contribution is -0.207. The third-order valence-corrected chi connectivity index (χ3v) is 6.85. The summed E-state index contributed by atoms with van der Waals surface area (Å²) in [7, 11) is 1.99. The van der Waals surface area contributed by atoms with Crippen LogP contribution in [-0.2, 0) is 14.2 Å². The zero-order chi connectivity index (χ0) is 27.9. The van der Waals surface area contributed by atoms with Gasteiger partial charge in [-0.15, -0.1) is 0 Å². The minimum atomic E-state index is -1.23. The second kappa shape index (κ2) is 13.5. The number of esters is 1. The highest BCUT2D eigenvalue weighted by Crippen LogP contribution is 2.30. The number of carbonyl (C=O) groups is 1. The first kappa shape index (κ1) is 29.2. The average Bonchev–Trinajstić information content (AvgIpc) is 2.91. The molecule has 1 heterocycles. The topological polar surface area (TPSA) is 54.0 Å². The number of carbonyl (C=O) groups excluding carboxylic acids is 1. The van der Waals surface area contributed by atoms with Crippen molar-refractivity contribution in [3.05, 3.63) is 82.9 Å². The number of unbranched alkanes of at least 4 members (excludes halogenated alkanes) is 1. The van der Waals surface area contributed by atoms with Crippen molar-refractivity contribution in [1.82, 2.24) is 0 Å². The molecule has 1 aliphatic rings. The summed E-state index contributed by atoms with van der Waals surface area (Å²) in [5, 5.41) is -0.173. The molecule has 0 aliphatic carbocycles. The first-order valence-electron chi connectivity index (χ1n) is 12.6. The van der Waals surface area contributed by atoms with E-state index in [-0.39, 0.29) is 28.1 Å². The molecular weight excluding hydrogens is 535 g/mol. The van der Waals surface area contributed by atoms with E-state index in [4.69, 9.17) is 18.9 Å². The molecule has 5 nitrogen and oxygen atoms in total. The van der Waals surface area contributed by atoms with Crippen LogP contribution in [0.2, 0.25) is 0 Å². The highest BCUT2D eigenvalue weighted by molar-refractivity contribution is 7.27. The molecule has 1 atom stereocenters. The van der Waals surface area contributed by atoms with Crippen LogP contribution in [0, 0.1) is 29.2 Å². The predicted octanol–water partition coefficient (Wildman–Crippen LogP) is 6.50. The molecule has 3 aromatic rings. The van der Waals surface area contributed by atoms with Crippen molar-refractivity contribution in [2.45, 2.75) is 32.5 Å². The van der Waals surface area contributed by atoms with Crippen LogP contribution in [0.15, 0.2) is 48.5 Å². The van der Waals surface area contributed by atoms with E-state index in [1.807, 2.05) is 9.24 Å². The van der Waals surface area contributed by atoms with Crippen molar-refractivity contribution in [2.24, 2.45) is 5.92 Å². The summed E-state index contributed by atoms with van der Waals surface area (Å²) >= 11 is 0. The molecule has 208 valence electrons. The molecule has 0 saturated carbocycles. The lowest BCUT2D eigenvalue weighted by Gasteiger charge is -2.29. The van der Waals surface area contributed by atoms with Crippen molar-refractivity contribution in [3.63, 3.8) is 0 Å². The Balaban J connectivity index is 1.36. The van der Waals surface area contributed by atoms with E-state index in [1.165, 1.54) is 36.4 Å². The van der Waals surface area contributed by atoms with Crippen molar-refractivity contribution in [2.75, 3.05) is 26.4 Å². The molecule has 0 bridgehead atoms. The lowest BCUT2D eigenvalue weighted by atomic mass is 10.1. The second-order valence-electron chi connectivity index (χ2n) is 9.25. The predicted molar refractivity (Wildman–Crippen MR) is 141 cm³/mol.